The largest absolute Gasteiger partial charge is 0.342 e. The van der Waals surface area contributed by atoms with Gasteiger partial charge < -0.3 is 9.88 Å². The minimum Gasteiger partial charge on any atom is -0.342 e. The van der Waals surface area contributed by atoms with Crippen LogP contribution in [0.4, 0.5) is 0 Å². The Morgan fingerprint density at radius 2 is 1.83 bits per heavy atom. The van der Waals surface area contributed by atoms with E-state index in [1.165, 1.54) is 31.3 Å². The zero-order valence-electron chi connectivity index (χ0n) is 16.6. The molecule has 0 spiro atoms. The first-order valence-corrected chi connectivity index (χ1v) is 11.6. The first kappa shape index (κ1) is 20.8. The summed E-state index contributed by atoms with van der Waals surface area (Å²) in [6.07, 6.45) is 1.58. The highest BCUT2D eigenvalue weighted by molar-refractivity contribution is 7.89. The molecule has 3 aromatic rings. The summed E-state index contributed by atoms with van der Waals surface area (Å²) in [5.41, 5.74) is 1.96. The van der Waals surface area contributed by atoms with Crippen molar-refractivity contribution in [3.63, 3.8) is 0 Å². The number of H-pyrrole nitrogens is 1. The van der Waals surface area contributed by atoms with Crippen LogP contribution in [0, 0.1) is 0 Å². The Hall–Kier alpha value is -2.42. The number of fused-ring (bicyclic) bond motifs is 1. The van der Waals surface area contributed by atoms with Crippen molar-refractivity contribution in [3.8, 4) is 0 Å². The summed E-state index contributed by atoms with van der Waals surface area (Å²) in [5.74, 6) is 1.01. The number of carbonyl (C=O) groups excluding carboxylic acids is 1. The topological polar surface area (TPSA) is 86.4 Å². The van der Waals surface area contributed by atoms with Crippen molar-refractivity contribution in [2.75, 3.05) is 26.7 Å². The average molecular weight is 447 g/mol. The van der Waals surface area contributed by atoms with E-state index < -0.39 is 10.0 Å². The second kappa shape index (κ2) is 8.37. The Morgan fingerprint density at radius 1 is 1.17 bits per heavy atom. The van der Waals surface area contributed by atoms with Gasteiger partial charge in [-0.05, 0) is 49.2 Å². The van der Waals surface area contributed by atoms with Crippen LogP contribution in [-0.4, -0.2) is 60.2 Å². The molecule has 1 aromatic heterocycles. The number of amides is 1. The molecule has 158 valence electrons. The molecule has 1 fully saturated rings. The van der Waals surface area contributed by atoms with Gasteiger partial charge >= 0.3 is 0 Å². The van der Waals surface area contributed by atoms with Gasteiger partial charge in [0.05, 0.1) is 22.5 Å². The zero-order valence-corrected chi connectivity index (χ0v) is 18.2. The third kappa shape index (κ3) is 4.21. The summed E-state index contributed by atoms with van der Waals surface area (Å²) in [7, 11) is -2.33. The van der Waals surface area contributed by atoms with Gasteiger partial charge in [-0.25, -0.2) is 13.4 Å². The number of nitrogens with zero attached hydrogens (tertiary/aromatic N) is 3. The molecule has 2 heterocycles. The highest BCUT2D eigenvalue weighted by Gasteiger charge is 2.29. The van der Waals surface area contributed by atoms with Crippen molar-refractivity contribution in [1.29, 1.82) is 0 Å². The summed E-state index contributed by atoms with van der Waals surface area (Å²) >= 11 is 5.83. The molecule has 0 atom stereocenters. The number of benzene rings is 2. The summed E-state index contributed by atoms with van der Waals surface area (Å²) in [6, 6.07) is 13.8. The highest BCUT2D eigenvalue weighted by atomic mass is 35.5. The van der Waals surface area contributed by atoms with E-state index in [9.17, 15) is 13.2 Å². The number of likely N-dealkylation sites (N-methyl/N-ethyl adjacent to an activating group) is 1. The maximum Gasteiger partial charge on any atom is 0.243 e. The van der Waals surface area contributed by atoms with Crippen LogP contribution >= 0.6 is 11.6 Å². The molecule has 0 radical (unpaired) electrons. The van der Waals surface area contributed by atoms with Crippen LogP contribution in [0.2, 0.25) is 5.02 Å². The number of halogens is 1. The van der Waals surface area contributed by atoms with Gasteiger partial charge in [0.1, 0.15) is 5.82 Å². The second-order valence-electron chi connectivity index (χ2n) is 7.51. The number of aromatic nitrogens is 2. The van der Waals surface area contributed by atoms with Crippen LogP contribution in [0.5, 0.6) is 0 Å². The van der Waals surface area contributed by atoms with Crippen molar-refractivity contribution in [2.24, 2.45) is 0 Å². The third-order valence-electron chi connectivity index (χ3n) is 5.52. The SMILES string of the molecule is CN(CC(=O)N1CCC(c2nc3ccccc3[nH]2)CC1)S(=O)(=O)c1ccc(Cl)cc1. The molecule has 0 saturated carbocycles. The Kier molecular flexibility index (Phi) is 5.81. The van der Waals surface area contributed by atoms with Crippen LogP contribution in [0.15, 0.2) is 53.4 Å². The van der Waals surface area contributed by atoms with E-state index in [0.717, 1.165) is 34.0 Å². The number of nitrogens with one attached hydrogen (secondary N) is 1. The number of piperidine rings is 1. The van der Waals surface area contributed by atoms with Crippen LogP contribution < -0.4 is 0 Å². The standard InChI is InChI=1S/C21H23ClN4O3S/c1-25(30(28,29)17-8-6-16(22)7-9-17)14-20(27)26-12-10-15(11-13-26)21-23-18-4-2-3-5-19(18)24-21/h2-9,15H,10-14H2,1H3,(H,23,24). The lowest BCUT2D eigenvalue weighted by Crippen LogP contribution is -2.44. The van der Waals surface area contributed by atoms with E-state index >= 15 is 0 Å². The summed E-state index contributed by atoms with van der Waals surface area (Å²) in [4.78, 5) is 22.6. The van der Waals surface area contributed by atoms with E-state index in [0.29, 0.717) is 18.1 Å². The number of sulfonamides is 1. The van der Waals surface area contributed by atoms with E-state index in [1.807, 2.05) is 24.3 Å². The van der Waals surface area contributed by atoms with Crippen LogP contribution in [0.25, 0.3) is 11.0 Å². The monoisotopic (exact) mass is 446 g/mol. The molecule has 1 saturated heterocycles. The highest BCUT2D eigenvalue weighted by Crippen LogP contribution is 2.28. The summed E-state index contributed by atoms with van der Waals surface area (Å²) < 4.78 is 26.5. The van der Waals surface area contributed by atoms with Crippen molar-refractivity contribution >= 4 is 38.6 Å². The lowest BCUT2D eigenvalue weighted by Gasteiger charge is -2.32. The Balaban J connectivity index is 1.36. The van der Waals surface area contributed by atoms with Crippen LogP contribution in [0.3, 0.4) is 0 Å². The van der Waals surface area contributed by atoms with Gasteiger partial charge in [0.25, 0.3) is 0 Å². The number of para-hydroxylation sites is 2. The summed E-state index contributed by atoms with van der Waals surface area (Å²) in [5, 5.41) is 0.458. The minimum absolute atomic E-state index is 0.116. The smallest absolute Gasteiger partial charge is 0.243 e. The van der Waals surface area contributed by atoms with Gasteiger partial charge in [0, 0.05) is 31.1 Å². The molecule has 7 nitrogen and oxygen atoms in total. The Bertz CT molecular complexity index is 1120. The minimum atomic E-state index is -3.75. The molecule has 2 aromatic carbocycles. The quantitative estimate of drug-likeness (QED) is 0.651. The van der Waals surface area contributed by atoms with Crippen LogP contribution in [-0.2, 0) is 14.8 Å². The van der Waals surface area contributed by atoms with Crippen molar-refractivity contribution < 1.29 is 13.2 Å². The number of carbonyl (C=O) groups is 1. The van der Waals surface area contributed by atoms with Gasteiger partial charge in [-0.15, -0.1) is 0 Å². The van der Waals surface area contributed by atoms with Gasteiger partial charge in [-0.2, -0.15) is 4.31 Å². The molecule has 30 heavy (non-hydrogen) atoms. The van der Waals surface area contributed by atoms with E-state index in [2.05, 4.69) is 9.97 Å². The lowest BCUT2D eigenvalue weighted by atomic mass is 9.96. The van der Waals surface area contributed by atoms with E-state index in [-0.39, 0.29) is 23.3 Å². The molecular weight excluding hydrogens is 424 g/mol. The lowest BCUT2D eigenvalue weighted by molar-refractivity contribution is -0.132. The van der Waals surface area contributed by atoms with Crippen molar-refractivity contribution in [3.05, 3.63) is 59.4 Å². The number of hydrogen-bond acceptors (Lipinski definition) is 4. The number of hydrogen-bond donors (Lipinski definition) is 1. The molecule has 0 unspecified atom stereocenters. The van der Waals surface area contributed by atoms with Crippen molar-refractivity contribution in [2.45, 2.75) is 23.7 Å². The fourth-order valence-electron chi connectivity index (χ4n) is 3.73. The fourth-order valence-corrected chi connectivity index (χ4v) is 4.98. The first-order valence-electron chi connectivity index (χ1n) is 9.79. The molecule has 0 aliphatic carbocycles. The maximum atomic E-state index is 12.7. The first-order chi connectivity index (χ1) is 14.3. The zero-order chi connectivity index (χ0) is 21.3. The number of aromatic amines is 1. The van der Waals surface area contributed by atoms with Gasteiger partial charge in [-0.3, -0.25) is 4.79 Å². The average Bonchev–Trinajstić information content (AvgIpc) is 3.18. The van der Waals surface area contributed by atoms with E-state index in [4.69, 9.17) is 11.6 Å². The molecule has 1 amide bonds. The number of imidazole rings is 1. The molecule has 1 N–H and O–H groups in total. The molecule has 9 heteroatoms. The Labute approximate surface area is 180 Å². The van der Waals surface area contributed by atoms with Crippen LogP contribution in [0.1, 0.15) is 24.6 Å². The van der Waals surface area contributed by atoms with Gasteiger partial charge in [0.2, 0.25) is 15.9 Å². The third-order valence-corrected chi connectivity index (χ3v) is 7.59. The second-order valence-corrected chi connectivity index (χ2v) is 9.99. The van der Waals surface area contributed by atoms with Gasteiger partial charge in [-0.1, -0.05) is 23.7 Å². The molecular formula is C21H23ClN4O3S. The summed E-state index contributed by atoms with van der Waals surface area (Å²) in [6.45, 7) is 0.963. The fraction of sp³-hybridized carbons (Fsp3) is 0.333. The predicted octanol–water partition coefficient (Wildman–Crippen LogP) is 3.24. The van der Waals surface area contributed by atoms with E-state index in [1.54, 1.807) is 4.90 Å². The molecule has 4 rings (SSSR count). The molecule has 1 aliphatic rings. The predicted molar refractivity (Wildman–Crippen MR) is 116 cm³/mol. The molecule has 1 aliphatic heterocycles. The number of likely N-dealkylation sites (tertiary alicyclic amines) is 1. The Morgan fingerprint density at radius 3 is 2.50 bits per heavy atom. The molecule has 0 bridgehead atoms. The van der Waals surface area contributed by atoms with Gasteiger partial charge in [0.15, 0.2) is 0 Å². The maximum absolute atomic E-state index is 12.7. The van der Waals surface area contributed by atoms with Crippen molar-refractivity contribution in [1.82, 2.24) is 19.2 Å². The normalized spacial score (nSPS) is 15.8. The number of rotatable bonds is 5.